The van der Waals surface area contributed by atoms with Gasteiger partial charge in [0, 0.05) is 17.8 Å². The zero-order valence-corrected chi connectivity index (χ0v) is 14.1. The van der Waals surface area contributed by atoms with Crippen LogP contribution in [0.25, 0.3) is 0 Å². The molecular formula is C16H20ClFN2S. The zero-order chi connectivity index (χ0) is 15.4. The van der Waals surface area contributed by atoms with E-state index in [0.717, 1.165) is 23.8 Å². The summed E-state index contributed by atoms with van der Waals surface area (Å²) in [6.45, 7) is 8.09. The molecule has 1 N–H and O–H groups in total. The van der Waals surface area contributed by atoms with Crippen molar-refractivity contribution in [1.82, 2.24) is 10.3 Å². The van der Waals surface area contributed by atoms with Crippen LogP contribution in [0.1, 0.15) is 47.8 Å². The average molecular weight is 327 g/mol. The van der Waals surface area contributed by atoms with Crippen LogP contribution in [0.4, 0.5) is 4.39 Å². The molecule has 1 aromatic heterocycles. The molecule has 0 saturated heterocycles. The van der Waals surface area contributed by atoms with Crippen LogP contribution >= 0.6 is 22.9 Å². The van der Waals surface area contributed by atoms with Crippen molar-refractivity contribution in [3.8, 4) is 0 Å². The third-order valence-corrected chi connectivity index (χ3v) is 4.59. The van der Waals surface area contributed by atoms with E-state index in [-0.39, 0.29) is 10.8 Å². The molecule has 0 aliphatic carbocycles. The van der Waals surface area contributed by atoms with E-state index in [2.05, 4.69) is 26.1 Å². The highest BCUT2D eigenvalue weighted by Gasteiger charge is 2.15. The molecule has 1 heterocycles. The van der Waals surface area contributed by atoms with E-state index in [4.69, 9.17) is 16.6 Å². The number of hydrogen-bond donors (Lipinski definition) is 1. The number of halogens is 2. The molecular weight excluding hydrogens is 307 g/mol. The lowest BCUT2D eigenvalue weighted by Gasteiger charge is -2.04. The minimum Gasteiger partial charge on any atom is -0.312 e. The van der Waals surface area contributed by atoms with Crippen LogP contribution in [-0.4, -0.2) is 11.5 Å². The van der Waals surface area contributed by atoms with Gasteiger partial charge in [0.2, 0.25) is 0 Å². The quantitative estimate of drug-likeness (QED) is 0.828. The molecule has 2 nitrogen and oxygen atoms in total. The van der Waals surface area contributed by atoms with Gasteiger partial charge in [-0.15, -0.1) is 11.3 Å². The van der Waals surface area contributed by atoms with Gasteiger partial charge in [0.05, 0.1) is 15.7 Å². The van der Waals surface area contributed by atoms with Crippen molar-refractivity contribution < 1.29 is 4.39 Å². The van der Waals surface area contributed by atoms with Crippen molar-refractivity contribution in [3.63, 3.8) is 0 Å². The summed E-state index contributed by atoms with van der Waals surface area (Å²) in [5.74, 6) is 0.0292. The molecule has 114 valence electrons. The lowest BCUT2D eigenvalue weighted by molar-refractivity contribution is 0.614. The molecule has 0 fully saturated rings. The Labute approximate surface area is 134 Å². The largest absolute Gasteiger partial charge is 0.312 e. The Hall–Kier alpha value is -0.970. The molecule has 2 aromatic rings. The van der Waals surface area contributed by atoms with Crippen LogP contribution in [0.15, 0.2) is 18.2 Å². The van der Waals surface area contributed by atoms with Crippen LogP contribution in [0.3, 0.4) is 0 Å². The summed E-state index contributed by atoms with van der Waals surface area (Å²) in [4.78, 5) is 5.94. The third kappa shape index (κ3) is 4.02. The van der Waals surface area contributed by atoms with Crippen LogP contribution in [0, 0.1) is 5.82 Å². The van der Waals surface area contributed by atoms with E-state index < -0.39 is 0 Å². The van der Waals surface area contributed by atoms with E-state index in [1.165, 1.54) is 4.88 Å². The Morgan fingerprint density at radius 1 is 1.38 bits per heavy atom. The summed E-state index contributed by atoms with van der Waals surface area (Å²) in [6.07, 6.45) is 0.489. The number of benzene rings is 1. The maximum Gasteiger partial charge on any atom is 0.145 e. The Morgan fingerprint density at radius 2 is 2.14 bits per heavy atom. The number of aromatic nitrogens is 1. The van der Waals surface area contributed by atoms with Crippen molar-refractivity contribution in [3.05, 3.63) is 50.2 Å². The minimum atomic E-state index is -0.339. The van der Waals surface area contributed by atoms with Gasteiger partial charge in [-0.05, 0) is 24.1 Å². The number of hydrogen-bond acceptors (Lipinski definition) is 3. The van der Waals surface area contributed by atoms with Crippen LogP contribution in [0.2, 0.25) is 5.02 Å². The lowest BCUT2D eigenvalue weighted by atomic mass is 10.1. The van der Waals surface area contributed by atoms with Gasteiger partial charge in [-0.2, -0.15) is 0 Å². The Kier molecular flexibility index (Phi) is 5.73. The predicted molar refractivity (Wildman–Crippen MR) is 87.8 cm³/mol. The van der Waals surface area contributed by atoms with E-state index >= 15 is 0 Å². The van der Waals surface area contributed by atoms with E-state index in [1.807, 2.05) is 0 Å². The fourth-order valence-electron chi connectivity index (χ4n) is 2.15. The molecule has 0 saturated carbocycles. The summed E-state index contributed by atoms with van der Waals surface area (Å²) >= 11 is 7.49. The Balaban J connectivity index is 2.26. The second-order valence-corrected chi connectivity index (χ2v) is 6.82. The molecule has 0 amide bonds. The molecule has 0 atom stereocenters. The molecule has 1 aromatic carbocycles. The van der Waals surface area contributed by atoms with Crippen LogP contribution in [-0.2, 0) is 13.0 Å². The van der Waals surface area contributed by atoms with Gasteiger partial charge >= 0.3 is 0 Å². The van der Waals surface area contributed by atoms with Gasteiger partial charge in [0.1, 0.15) is 5.82 Å². The van der Waals surface area contributed by atoms with Gasteiger partial charge in [0.15, 0.2) is 0 Å². The van der Waals surface area contributed by atoms with Gasteiger partial charge in [0.25, 0.3) is 0 Å². The maximum absolute atomic E-state index is 14.0. The summed E-state index contributed by atoms with van der Waals surface area (Å²) in [6, 6.07) is 5.11. The summed E-state index contributed by atoms with van der Waals surface area (Å²) in [7, 11) is 0. The molecule has 0 aliphatic rings. The Morgan fingerprint density at radius 3 is 2.81 bits per heavy atom. The second kappa shape index (κ2) is 7.34. The van der Waals surface area contributed by atoms with Crippen molar-refractivity contribution >= 4 is 22.9 Å². The molecule has 2 rings (SSSR count). The first kappa shape index (κ1) is 16.4. The molecule has 0 spiro atoms. The molecule has 0 bridgehead atoms. The average Bonchev–Trinajstić information content (AvgIpc) is 2.85. The maximum atomic E-state index is 14.0. The summed E-state index contributed by atoms with van der Waals surface area (Å²) < 4.78 is 14.0. The predicted octanol–water partition coefficient (Wildman–Crippen LogP) is 4.76. The number of nitrogens with one attached hydrogen (secondary N) is 1. The SMILES string of the molecule is CCNCc1sc(Cc2cccc(Cl)c2F)nc1C(C)C. The zero-order valence-electron chi connectivity index (χ0n) is 12.5. The molecule has 0 radical (unpaired) electrons. The van der Waals surface area contributed by atoms with Crippen molar-refractivity contribution in [1.29, 1.82) is 0 Å². The first-order chi connectivity index (χ1) is 10.0. The number of nitrogens with zero attached hydrogens (tertiary/aromatic N) is 1. The van der Waals surface area contributed by atoms with E-state index in [0.29, 0.717) is 17.9 Å². The fraction of sp³-hybridized carbons (Fsp3) is 0.438. The molecule has 5 heteroatoms. The number of thiazole rings is 1. The highest BCUT2D eigenvalue weighted by atomic mass is 35.5. The van der Waals surface area contributed by atoms with E-state index in [9.17, 15) is 4.39 Å². The monoisotopic (exact) mass is 326 g/mol. The highest BCUT2D eigenvalue weighted by molar-refractivity contribution is 7.11. The highest BCUT2D eigenvalue weighted by Crippen LogP contribution is 2.28. The van der Waals surface area contributed by atoms with Crippen LogP contribution in [0.5, 0.6) is 0 Å². The normalized spacial score (nSPS) is 11.3. The number of rotatable bonds is 6. The topological polar surface area (TPSA) is 24.9 Å². The van der Waals surface area contributed by atoms with Gasteiger partial charge in [-0.1, -0.05) is 44.5 Å². The van der Waals surface area contributed by atoms with Crippen molar-refractivity contribution in [2.75, 3.05) is 6.54 Å². The minimum absolute atomic E-state index is 0.168. The molecule has 0 aliphatic heterocycles. The summed E-state index contributed by atoms with van der Waals surface area (Å²) in [5.41, 5.74) is 1.71. The fourth-order valence-corrected chi connectivity index (χ4v) is 3.56. The third-order valence-electron chi connectivity index (χ3n) is 3.23. The van der Waals surface area contributed by atoms with Gasteiger partial charge in [-0.3, -0.25) is 0 Å². The van der Waals surface area contributed by atoms with Crippen molar-refractivity contribution in [2.45, 2.75) is 39.7 Å². The second-order valence-electron chi connectivity index (χ2n) is 5.24. The smallest absolute Gasteiger partial charge is 0.145 e. The van der Waals surface area contributed by atoms with Gasteiger partial charge < -0.3 is 5.32 Å². The van der Waals surface area contributed by atoms with Crippen molar-refractivity contribution in [2.24, 2.45) is 0 Å². The standard InChI is InChI=1S/C16H20ClFN2S/c1-4-19-9-13-16(10(2)3)20-14(21-13)8-11-6-5-7-12(17)15(11)18/h5-7,10,19H,4,8-9H2,1-3H3. The summed E-state index contributed by atoms with van der Waals surface area (Å²) in [5, 5.41) is 4.44. The van der Waals surface area contributed by atoms with E-state index in [1.54, 1.807) is 29.5 Å². The first-order valence-corrected chi connectivity index (χ1v) is 8.34. The first-order valence-electron chi connectivity index (χ1n) is 7.15. The van der Waals surface area contributed by atoms with Gasteiger partial charge in [-0.25, -0.2) is 9.37 Å². The lowest BCUT2D eigenvalue weighted by Crippen LogP contribution is -2.12. The van der Waals surface area contributed by atoms with Crippen LogP contribution < -0.4 is 5.32 Å². The molecule has 21 heavy (non-hydrogen) atoms. The Bertz CT molecular complexity index is 610. The molecule has 0 unspecified atom stereocenters.